The van der Waals surface area contributed by atoms with E-state index in [4.69, 9.17) is 14.2 Å². The van der Waals surface area contributed by atoms with Crippen molar-refractivity contribution in [1.29, 1.82) is 0 Å². The minimum atomic E-state index is -0.515. The fraction of sp³-hybridized carbons (Fsp3) is 0.474. The number of allylic oxidation sites excluding steroid dienone is 5. The number of nitrogens with zero attached hydrogens (tertiary/aromatic N) is 1. The molecule has 7 heteroatoms. The summed E-state index contributed by atoms with van der Waals surface area (Å²) in [6.45, 7) is 13.8. The number of carbonyl (C=O) groups excluding carboxylic acids is 2. The van der Waals surface area contributed by atoms with Gasteiger partial charge in [-0.05, 0) is 54.2 Å². The second kappa shape index (κ2) is 13.0. The number of carbonyl (C=O) groups is 2. The van der Waals surface area contributed by atoms with Gasteiger partial charge in [-0.3, -0.25) is 9.59 Å². The highest BCUT2D eigenvalue weighted by Gasteiger charge is 2.49. The molecular weight excluding hydrogens is 569 g/mol. The van der Waals surface area contributed by atoms with Crippen molar-refractivity contribution < 1.29 is 28.2 Å². The molecule has 0 spiro atoms. The van der Waals surface area contributed by atoms with Crippen LogP contribution in [0.2, 0.25) is 0 Å². The number of halogens is 1. The first-order valence-electron chi connectivity index (χ1n) is 15.9. The number of benzene rings is 2. The second-order valence-electron chi connectivity index (χ2n) is 14.1. The van der Waals surface area contributed by atoms with Crippen molar-refractivity contribution in [3.63, 3.8) is 0 Å². The number of hydrogen-bond donors (Lipinski definition) is 0. The van der Waals surface area contributed by atoms with Crippen LogP contribution in [0.4, 0.5) is 4.39 Å². The van der Waals surface area contributed by atoms with Gasteiger partial charge < -0.3 is 19.1 Å². The first kappa shape index (κ1) is 32.7. The third kappa shape index (κ3) is 6.64. The molecule has 2 aromatic carbocycles. The van der Waals surface area contributed by atoms with Crippen LogP contribution in [0.1, 0.15) is 82.4 Å². The van der Waals surface area contributed by atoms with E-state index in [9.17, 15) is 14.0 Å². The quantitative estimate of drug-likeness (QED) is 0.189. The highest BCUT2D eigenvalue weighted by Crippen LogP contribution is 2.55. The molecule has 2 aliphatic carbocycles. The fourth-order valence-corrected chi connectivity index (χ4v) is 7.26. The second-order valence-corrected chi connectivity index (χ2v) is 14.1. The highest BCUT2D eigenvalue weighted by molar-refractivity contribution is 6.06. The molecule has 1 heterocycles. The summed E-state index contributed by atoms with van der Waals surface area (Å²) >= 11 is 0. The maximum Gasteiger partial charge on any atom is 0.165 e. The molecule has 0 N–H and O–H groups in total. The average molecular weight is 616 g/mol. The molecule has 0 radical (unpaired) electrons. The lowest BCUT2D eigenvalue weighted by Crippen LogP contribution is -2.44. The van der Waals surface area contributed by atoms with Gasteiger partial charge in [0.1, 0.15) is 12.4 Å². The number of methoxy groups -OCH3 is 2. The van der Waals surface area contributed by atoms with Crippen molar-refractivity contribution in [3.05, 3.63) is 94.1 Å². The Morgan fingerprint density at radius 2 is 1.56 bits per heavy atom. The van der Waals surface area contributed by atoms with E-state index in [1.807, 2.05) is 12.1 Å². The van der Waals surface area contributed by atoms with Crippen molar-refractivity contribution >= 4 is 11.6 Å². The van der Waals surface area contributed by atoms with Crippen LogP contribution in [0.25, 0.3) is 0 Å². The van der Waals surface area contributed by atoms with Gasteiger partial charge in [-0.2, -0.15) is 0 Å². The molecule has 0 saturated carbocycles. The molecule has 0 amide bonds. The minimum absolute atomic E-state index is 0.0259. The van der Waals surface area contributed by atoms with E-state index in [0.717, 1.165) is 41.8 Å². The van der Waals surface area contributed by atoms with Crippen LogP contribution < -0.4 is 9.47 Å². The van der Waals surface area contributed by atoms with E-state index < -0.39 is 5.92 Å². The molecule has 0 bridgehead atoms. The van der Waals surface area contributed by atoms with E-state index in [2.05, 4.69) is 39.2 Å². The molecular formula is C38H46FNO5. The van der Waals surface area contributed by atoms with Crippen LogP contribution in [0.15, 0.2) is 71.6 Å². The summed E-state index contributed by atoms with van der Waals surface area (Å²) in [5.41, 5.74) is 5.11. The normalized spacial score (nSPS) is 19.4. The average Bonchev–Trinajstić information content (AvgIpc) is 2.96. The van der Waals surface area contributed by atoms with E-state index in [1.54, 1.807) is 38.5 Å². The summed E-state index contributed by atoms with van der Waals surface area (Å²) in [4.78, 5) is 30.7. The molecule has 0 aromatic heterocycles. The van der Waals surface area contributed by atoms with Gasteiger partial charge in [0.05, 0.1) is 7.11 Å². The first-order valence-corrected chi connectivity index (χ1v) is 15.9. The predicted octanol–water partition coefficient (Wildman–Crippen LogP) is 7.86. The van der Waals surface area contributed by atoms with E-state index >= 15 is 0 Å². The predicted molar refractivity (Wildman–Crippen MR) is 174 cm³/mol. The molecule has 45 heavy (non-hydrogen) atoms. The SMILES string of the molecule is C=CCc1cc(C2C3=C(CC(C)(C)CC3=O)N(CCCOC)C3=C2C(=O)CC(C)(C)C3)cc(OC)c1OCc1ccccc1F. The van der Waals surface area contributed by atoms with Gasteiger partial charge in [0.25, 0.3) is 0 Å². The molecule has 5 rings (SSSR count). The number of ether oxygens (including phenoxy) is 3. The van der Waals surface area contributed by atoms with E-state index in [-0.39, 0.29) is 34.8 Å². The summed E-state index contributed by atoms with van der Waals surface area (Å²) in [6, 6.07) is 10.4. The van der Waals surface area contributed by atoms with Gasteiger partial charge in [0.15, 0.2) is 23.1 Å². The summed E-state index contributed by atoms with van der Waals surface area (Å²) in [5, 5.41) is 0. The largest absolute Gasteiger partial charge is 0.493 e. The van der Waals surface area contributed by atoms with Crippen LogP contribution in [0.5, 0.6) is 11.5 Å². The Kier molecular flexibility index (Phi) is 9.41. The van der Waals surface area contributed by atoms with Crippen molar-refractivity contribution in [2.75, 3.05) is 27.4 Å². The zero-order chi connectivity index (χ0) is 32.5. The van der Waals surface area contributed by atoms with Crippen molar-refractivity contribution in [1.82, 2.24) is 4.90 Å². The molecule has 0 saturated heterocycles. The van der Waals surface area contributed by atoms with Crippen molar-refractivity contribution in [3.8, 4) is 11.5 Å². The Bertz CT molecular complexity index is 1510. The third-order valence-corrected chi connectivity index (χ3v) is 9.15. The molecule has 240 valence electrons. The van der Waals surface area contributed by atoms with Gasteiger partial charge in [-0.25, -0.2) is 4.39 Å². The Labute approximate surface area is 266 Å². The Morgan fingerprint density at radius 3 is 2.11 bits per heavy atom. The lowest BCUT2D eigenvalue weighted by Gasteiger charge is -2.49. The van der Waals surface area contributed by atoms with Gasteiger partial charge in [0.2, 0.25) is 0 Å². The van der Waals surface area contributed by atoms with Crippen molar-refractivity contribution in [2.45, 2.75) is 78.7 Å². The summed E-state index contributed by atoms with van der Waals surface area (Å²) in [6.07, 6.45) is 5.33. The molecule has 3 aliphatic rings. The maximum absolute atomic E-state index is 14.4. The van der Waals surface area contributed by atoms with Gasteiger partial charge in [0, 0.05) is 72.7 Å². The number of rotatable bonds is 11. The van der Waals surface area contributed by atoms with Crippen molar-refractivity contribution in [2.24, 2.45) is 10.8 Å². The Hall–Kier alpha value is -3.71. The minimum Gasteiger partial charge on any atom is -0.493 e. The molecule has 0 atom stereocenters. The number of Topliss-reactive ketones (excluding diaryl/α,β-unsaturated/α-hetero) is 2. The Morgan fingerprint density at radius 1 is 0.933 bits per heavy atom. The standard InChI is InChI=1S/C38H46FNO5/c1-8-12-24-17-26(18-32(44-7)36(24)45-23-25-13-9-10-14-27(25)39)33-34-28(19-37(2,3)21-30(34)41)40(15-11-16-43-6)29-20-38(4,5)22-31(42)35(29)33/h8-10,13-14,17-18,33H,1,11-12,15-16,19-23H2,2-7H3. The van der Waals surface area contributed by atoms with E-state index in [1.165, 1.54) is 6.07 Å². The van der Waals surface area contributed by atoms with Crippen LogP contribution in [-0.4, -0.2) is 43.8 Å². The van der Waals surface area contributed by atoms with Crippen LogP contribution in [0.3, 0.4) is 0 Å². The zero-order valence-electron chi connectivity index (χ0n) is 27.6. The van der Waals surface area contributed by atoms with Gasteiger partial charge in [-0.15, -0.1) is 6.58 Å². The van der Waals surface area contributed by atoms with Gasteiger partial charge in [-0.1, -0.05) is 58.0 Å². The molecule has 2 aromatic rings. The topological polar surface area (TPSA) is 65.1 Å². The third-order valence-electron chi connectivity index (χ3n) is 9.15. The van der Waals surface area contributed by atoms with Crippen LogP contribution in [0, 0.1) is 16.6 Å². The maximum atomic E-state index is 14.4. The van der Waals surface area contributed by atoms with E-state index in [0.29, 0.717) is 60.6 Å². The molecule has 6 nitrogen and oxygen atoms in total. The Balaban J connectivity index is 1.69. The fourth-order valence-electron chi connectivity index (χ4n) is 7.26. The zero-order valence-corrected chi connectivity index (χ0v) is 27.6. The molecule has 0 fully saturated rings. The lowest BCUT2D eigenvalue weighted by molar-refractivity contribution is -0.119. The molecule has 0 unspecified atom stereocenters. The highest BCUT2D eigenvalue weighted by atomic mass is 19.1. The first-order chi connectivity index (χ1) is 21.4. The monoisotopic (exact) mass is 615 g/mol. The molecule has 1 aliphatic heterocycles. The lowest BCUT2D eigenvalue weighted by atomic mass is 9.63. The van der Waals surface area contributed by atoms with Crippen LogP contribution >= 0.6 is 0 Å². The number of hydrogen-bond acceptors (Lipinski definition) is 6. The number of ketones is 2. The summed E-state index contributed by atoms with van der Waals surface area (Å²) in [7, 11) is 3.27. The summed E-state index contributed by atoms with van der Waals surface area (Å²) < 4.78 is 31.9. The van der Waals surface area contributed by atoms with Crippen LogP contribution in [-0.2, 0) is 27.4 Å². The summed E-state index contributed by atoms with van der Waals surface area (Å²) in [5.74, 6) is 0.273. The smallest absolute Gasteiger partial charge is 0.165 e. The van der Waals surface area contributed by atoms with Gasteiger partial charge >= 0.3 is 0 Å².